The van der Waals surface area contributed by atoms with Crippen LogP contribution in [0.15, 0.2) is 76.5 Å². The maximum atomic E-state index is 13.1. The molecule has 3 aromatic rings. The van der Waals surface area contributed by atoms with Crippen molar-refractivity contribution < 1.29 is 14.0 Å². The molecule has 0 saturated carbocycles. The molecular formula is C23H21FN2O2S. The van der Waals surface area contributed by atoms with Gasteiger partial charge in [0.15, 0.2) is 0 Å². The first-order valence-electron chi connectivity index (χ1n) is 9.09. The molecule has 0 spiro atoms. The van der Waals surface area contributed by atoms with Gasteiger partial charge in [0.2, 0.25) is 5.91 Å². The number of benzene rings is 3. The lowest BCUT2D eigenvalue weighted by Gasteiger charge is -2.12. The van der Waals surface area contributed by atoms with E-state index < -0.39 is 0 Å². The molecule has 0 aliphatic heterocycles. The Morgan fingerprint density at radius 2 is 1.66 bits per heavy atom. The molecule has 0 radical (unpaired) electrons. The summed E-state index contributed by atoms with van der Waals surface area (Å²) >= 11 is 1.38. The van der Waals surface area contributed by atoms with Crippen molar-refractivity contribution in [1.82, 2.24) is 5.32 Å². The molecule has 0 heterocycles. The number of hydrogen-bond donors (Lipinski definition) is 2. The maximum Gasteiger partial charge on any atom is 0.251 e. The standard InChI is InChI=1S/C23H21FN2O2S/c1-15-3-5-17(6-4-15)14-25-23(28)18-7-12-22(21(13-18)26-16(2)27)29-20-10-8-19(24)9-11-20/h3-13H,14H2,1-2H3,(H,25,28)(H,26,27). The first-order valence-corrected chi connectivity index (χ1v) is 9.91. The summed E-state index contributed by atoms with van der Waals surface area (Å²) in [5, 5.41) is 5.66. The quantitative estimate of drug-likeness (QED) is 0.591. The predicted octanol–water partition coefficient (Wildman–Crippen LogP) is 5.17. The first-order chi connectivity index (χ1) is 13.9. The summed E-state index contributed by atoms with van der Waals surface area (Å²) in [5.74, 6) is -0.768. The number of anilines is 1. The van der Waals surface area contributed by atoms with E-state index in [0.717, 1.165) is 20.9 Å². The average Bonchev–Trinajstić information content (AvgIpc) is 2.70. The Morgan fingerprint density at radius 1 is 0.966 bits per heavy atom. The van der Waals surface area contributed by atoms with E-state index in [1.807, 2.05) is 31.2 Å². The summed E-state index contributed by atoms with van der Waals surface area (Å²) in [6.45, 7) is 3.84. The minimum Gasteiger partial charge on any atom is -0.348 e. The highest BCUT2D eigenvalue weighted by Gasteiger charge is 2.12. The van der Waals surface area contributed by atoms with Gasteiger partial charge in [0.1, 0.15) is 5.82 Å². The molecule has 148 valence electrons. The van der Waals surface area contributed by atoms with Crippen LogP contribution in [0.25, 0.3) is 0 Å². The molecule has 4 nitrogen and oxygen atoms in total. The van der Waals surface area contributed by atoms with Crippen molar-refractivity contribution in [3.8, 4) is 0 Å². The fourth-order valence-corrected chi connectivity index (χ4v) is 3.55. The Labute approximate surface area is 173 Å². The number of nitrogens with one attached hydrogen (secondary N) is 2. The zero-order chi connectivity index (χ0) is 20.8. The van der Waals surface area contributed by atoms with Crippen molar-refractivity contribution in [1.29, 1.82) is 0 Å². The van der Waals surface area contributed by atoms with E-state index >= 15 is 0 Å². The van der Waals surface area contributed by atoms with Gasteiger partial charge in [0.05, 0.1) is 5.69 Å². The minimum absolute atomic E-state index is 0.226. The molecule has 2 N–H and O–H groups in total. The van der Waals surface area contributed by atoms with Crippen LogP contribution < -0.4 is 10.6 Å². The zero-order valence-electron chi connectivity index (χ0n) is 16.2. The second kappa shape index (κ2) is 9.39. The van der Waals surface area contributed by atoms with Crippen molar-refractivity contribution in [3.05, 3.63) is 89.2 Å². The number of halogens is 1. The number of rotatable bonds is 6. The van der Waals surface area contributed by atoms with Gasteiger partial charge in [-0.05, 0) is 55.0 Å². The van der Waals surface area contributed by atoms with E-state index in [1.165, 1.54) is 30.8 Å². The molecule has 0 fully saturated rings. The third kappa shape index (κ3) is 5.93. The monoisotopic (exact) mass is 408 g/mol. The summed E-state index contributed by atoms with van der Waals surface area (Å²) in [7, 11) is 0. The van der Waals surface area contributed by atoms with E-state index in [4.69, 9.17) is 0 Å². The molecule has 0 atom stereocenters. The van der Waals surface area contributed by atoms with Gasteiger partial charge in [-0.25, -0.2) is 4.39 Å². The average molecular weight is 408 g/mol. The Balaban J connectivity index is 1.76. The summed E-state index contributed by atoms with van der Waals surface area (Å²) < 4.78 is 13.1. The van der Waals surface area contributed by atoms with Gasteiger partial charge in [-0.1, -0.05) is 41.6 Å². The number of amides is 2. The molecule has 29 heavy (non-hydrogen) atoms. The Morgan fingerprint density at radius 3 is 2.31 bits per heavy atom. The normalized spacial score (nSPS) is 10.4. The summed E-state index contributed by atoms with van der Waals surface area (Å²) in [6.07, 6.45) is 0. The highest BCUT2D eigenvalue weighted by atomic mass is 32.2. The van der Waals surface area contributed by atoms with Gasteiger partial charge >= 0.3 is 0 Å². The first kappa shape index (κ1) is 20.6. The second-order valence-electron chi connectivity index (χ2n) is 6.62. The molecule has 3 aromatic carbocycles. The molecule has 0 aliphatic rings. The van der Waals surface area contributed by atoms with Gasteiger partial charge in [-0.2, -0.15) is 0 Å². The van der Waals surface area contributed by atoms with Crippen LogP contribution in [0.5, 0.6) is 0 Å². The third-order valence-corrected chi connectivity index (χ3v) is 5.25. The number of aryl methyl sites for hydroxylation is 1. The van der Waals surface area contributed by atoms with Crippen LogP contribution in [0.1, 0.15) is 28.4 Å². The van der Waals surface area contributed by atoms with Gasteiger partial charge in [-0.3, -0.25) is 9.59 Å². The number of carbonyl (C=O) groups is 2. The summed E-state index contributed by atoms with van der Waals surface area (Å²) in [6, 6.07) is 19.2. The van der Waals surface area contributed by atoms with E-state index in [-0.39, 0.29) is 17.6 Å². The summed E-state index contributed by atoms with van der Waals surface area (Å²) in [5.41, 5.74) is 3.16. The largest absolute Gasteiger partial charge is 0.348 e. The number of hydrogen-bond acceptors (Lipinski definition) is 3. The molecular weight excluding hydrogens is 387 g/mol. The minimum atomic E-state index is -0.308. The van der Waals surface area contributed by atoms with Crippen molar-refractivity contribution in [2.24, 2.45) is 0 Å². The Hall–Kier alpha value is -3.12. The van der Waals surface area contributed by atoms with Gasteiger partial charge in [-0.15, -0.1) is 0 Å². The lowest BCUT2D eigenvalue weighted by atomic mass is 10.1. The van der Waals surface area contributed by atoms with Gasteiger partial charge < -0.3 is 10.6 Å². The van der Waals surface area contributed by atoms with Crippen LogP contribution in [0, 0.1) is 12.7 Å². The van der Waals surface area contributed by atoms with Crippen LogP contribution in [0.2, 0.25) is 0 Å². The fourth-order valence-electron chi connectivity index (χ4n) is 2.67. The van der Waals surface area contributed by atoms with Gasteiger partial charge in [0, 0.05) is 28.8 Å². The van der Waals surface area contributed by atoms with E-state index in [9.17, 15) is 14.0 Å². The van der Waals surface area contributed by atoms with Crippen LogP contribution in [-0.4, -0.2) is 11.8 Å². The van der Waals surface area contributed by atoms with E-state index in [2.05, 4.69) is 10.6 Å². The Kier molecular flexibility index (Phi) is 6.67. The smallest absolute Gasteiger partial charge is 0.251 e. The van der Waals surface area contributed by atoms with Crippen molar-refractivity contribution >= 4 is 29.3 Å². The molecule has 6 heteroatoms. The summed E-state index contributed by atoms with van der Waals surface area (Å²) in [4.78, 5) is 25.8. The van der Waals surface area contributed by atoms with Crippen LogP contribution in [0.4, 0.5) is 10.1 Å². The highest BCUT2D eigenvalue weighted by molar-refractivity contribution is 7.99. The second-order valence-corrected chi connectivity index (χ2v) is 7.73. The van der Waals surface area contributed by atoms with E-state index in [1.54, 1.807) is 30.3 Å². The maximum absolute atomic E-state index is 13.1. The lowest BCUT2D eigenvalue weighted by Crippen LogP contribution is -2.23. The third-order valence-electron chi connectivity index (χ3n) is 4.17. The molecule has 2 amide bonds. The Bertz CT molecular complexity index is 1020. The van der Waals surface area contributed by atoms with Gasteiger partial charge in [0.25, 0.3) is 5.91 Å². The molecule has 0 aliphatic carbocycles. The predicted molar refractivity (Wildman–Crippen MR) is 114 cm³/mol. The molecule has 0 unspecified atom stereocenters. The molecule has 0 saturated heterocycles. The van der Waals surface area contributed by atoms with E-state index in [0.29, 0.717) is 17.8 Å². The zero-order valence-corrected chi connectivity index (χ0v) is 17.0. The number of carbonyl (C=O) groups excluding carboxylic acids is 2. The topological polar surface area (TPSA) is 58.2 Å². The highest BCUT2D eigenvalue weighted by Crippen LogP contribution is 2.34. The van der Waals surface area contributed by atoms with Crippen molar-refractivity contribution in [2.45, 2.75) is 30.2 Å². The molecule has 0 aromatic heterocycles. The molecule has 0 bridgehead atoms. The van der Waals surface area contributed by atoms with Crippen LogP contribution in [-0.2, 0) is 11.3 Å². The van der Waals surface area contributed by atoms with Crippen molar-refractivity contribution in [2.75, 3.05) is 5.32 Å². The van der Waals surface area contributed by atoms with Crippen LogP contribution in [0.3, 0.4) is 0 Å². The fraction of sp³-hybridized carbons (Fsp3) is 0.130. The molecule has 3 rings (SSSR count). The van der Waals surface area contributed by atoms with Crippen molar-refractivity contribution in [3.63, 3.8) is 0 Å². The SMILES string of the molecule is CC(=O)Nc1cc(C(=O)NCc2ccc(C)cc2)ccc1Sc1ccc(F)cc1. The lowest BCUT2D eigenvalue weighted by molar-refractivity contribution is -0.114. The van der Waals surface area contributed by atoms with Crippen LogP contribution >= 0.6 is 11.8 Å².